The Labute approximate surface area is 153 Å². The van der Waals surface area contributed by atoms with E-state index in [1.165, 1.54) is 22.9 Å². The Morgan fingerprint density at radius 2 is 1.85 bits per heavy atom. The number of halogens is 1. The third-order valence-electron chi connectivity index (χ3n) is 5.10. The molecular formula is C20H18FN3O3. The monoisotopic (exact) mass is 367 g/mol. The van der Waals surface area contributed by atoms with Crippen LogP contribution < -0.4 is 11.2 Å². The Morgan fingerprint density at radius 1 is 1.15 bits per heavy atom. The summed E-state index contributed by atoms with van der Waals surface area (Å²) in [7, 11) is 0. The lowest BCUT2D eigenvalue weighted by Gasteiger charge is -2.25. The lowest BCUT2D eigenvalue weighted by Crippen LogP contribution is -2.33. The molecule has 1 aliphatic carbocycles. The maximum Gasteiger partial charge on any atom is 0.330 e. The second-order valence-electron chi connectivity index (χ2n) is 7.15. The first-order valence-corrected chi connectivity index (χ1v) is 8.82. The number of ketones is 1. The van der Waals surface area contributed by atoms with Crippen LogP contribution in [0.3, 0.4) is 0 Å². The van der Waals surface area contributed by atoms with Crippen molar-refractivity contribution in [2.24, 2.45) is 0 Å². The van der Waals surface area contributed by atoms with Gasteiger partial charge >= 0.3 is 5.69 Å². The average Bonchev–Trinajstić information content (AvgIpc) is 2.61. The predicted octanol–water partition coefficient (Wildman–Crippen LogP) is 2.72. The molecule has 0 unspecified atom stereocenters. The predicted molar refractivity (Wildman–Crippen MR) is 98.8 cm³/mol. The highest BCUT2D eigenvalue weighted by atomic mass is 19.1. The summed E-state index contributed by atoms with van der Waals surface area (Å²) in [5, 5.41) is 0.279. The van der Waals surface area contributed by atoms with Crippen molar-refractivity contribution in [3.05, 3.63) is 73.8 Å². The molecule has 1 atom stereocenters. The van der Waals surface area contributed by atoms with Gasteiger partial charge in [-0.3, -0.25) is 19.1 Å². The van der Waals surface area contributed by atoms with Gasteiger partial charge in [-0.15, -0.1) is 0 Å². The van der Waals surface area contributed by atoms with Crippen LogP contribution in [0.4, 0.5) is 4.39 Å². The van der Waals surface area contributed by atoms with E-state index in [2.05, 4.69) is 9.97 Å². The number of pyridine rings is 1. The third-order valence-corrected chi connectivity index (χ3v) is 5.10. The molecule has 0 spiro atoms. The molecule has 4 rings (SSSR count). The summed E-state index contributed by atoms with van der Waals surface area (Å²) in [4.78, 5) is 44.1. The number of carbonyl (C=O) groups excluding carboxylic acids is 1. The fraction of sp³-hybridized carbons (Fsp3) is 0.300. The van der Waals surface area contributed by atoms with Crippen molar-refractivity contribution in [1.29, 1.82) is 0 Å². The maximum absolute atomic E-state index is 13.2. The van der Waals surface area contributed by atoms with Crippen molar-refractivity contribution in [1.82, 2.24) is 14.5 Å². The number of aromatic nitrogens is 3. The van der Waals surface area contributed by atoms with Crippen molar-refractivity contribution in [3.8, 4) is 0 Å². The van der Waals surface area contributed by atoms with Crippen LogP contribution in [0.1, 0.15) is 53.7 Å². The molecule has 1 N–H and O–H groups in total. The van der Waals surface area contributed by atoms with Gasteiger partial charge in [-0.25, -0.2) is 14.2 Å². The highest BCUT2D eigenvalue weighted by Crippen LogP contribution is 2.34. The molecule has 0 saturated heterocycles. The van der Waals surface area contributed by atoms with Crippen molar-refractivity contribution < 1.29 is 9.18 Å². The number of benzene rings is 1. The minimum Gasteiger partial charge on any atom is -0.294 e. The topological polar surface area (TPSA) is 84.8 Å². The normalized spacial score (nSPS) is 16.7. The zero-order valence-corrected chi connectivity index (χ0v) is 15.0. The molecular weight excluding hydrogens is 349 g/mol. The van der Waals surface area contributed by atoms with Crippen molar-refractivity contribution in [2.45, 2.75) is 38.6 Å². The molecule has 2 aromatic heterocycles. The molecule has 27 heavy (non-hydrogen) atoms. The molecule has 0 fully saturated rings. The van der Waals surface area contributed by atoms with E-state index in [1.54, 1.807) is 12.1 Å². The lowest BCUT2D eigenvalue weighted by molar-refractivity contribution is 0.0964. The number of fused-ring (bicyclic) bond motifs is 3. The fourth-order valence-corrected chi connectivity index (χ4v) is 3.83. The summed E-state index contributed by atoms with van der Waals surface area (Å²) < 4.78 is 14.7. The van der Waals surface area contributed by atoms with Crippen LogP contribution in [0.5, 0.6) is 0 Å². The number of rotatable bonds is 2. The molecule has 1 aromatic carbocycles. The highest BCUT2D eigenvalue weighted by Gasteiger charge is 2.30. The van der Waals surface area contributed by atoms with E-state index >= 15 is 0 Å². The van der Waals surface area contributed by atoms with Gasteiger partial charge in [-0.2, -0.15) is 0 Å². The first-order valence-electron chi connectivity index (χ1n) is 8.82. The Hall–Kier alpha value is -3.09. The quantitative estimate of drug-likeness (QED) is 0.755. The number of hydrogen-bond acceptors (Lipinski definition) is 4. The molecule has 2 heterocycles. The van der Waals surface area contributed by atoms with E-state index in [-0.39, 0.29) is 41.0 Å². The minimum absolute atomic E-state index is 0.110. The smallest absolute Gasteiger partial charge is 0.294 e. The van der Waals surface area contributed by atoms with Crippen molar-refractivity contribution in [2.75, 3.05) is 0 Å². The number of Topliss-reactive ketones (excluding diaryl/α,β-unsaturated/α-hetero) is 1. The van der Waals surface area contributed by atoms with Crippen LogP contribution in [-0.4, -0.2) is 20.3 Å². The first-order chi connectivity index (χ1) is 12.9. The largest absolute Gasteiger partial charge is 0.330 e. The molecule has 138 valence electrons. The van der Waals surface area contributed by atoms with Gasteiger partial charge in [0.05, 0.1) is 5.39 Å². The van der Waals surface area contributed by atoms with Gasteiger partial charge in [0.1, 0.15) is 11.5 Å². The van der Waals surface area contributed by atoms with Crippen LogP contribution in [0.15, 0.2) is 40.1 Å². The van der Waals surface area contributed by atoms with Gasteiger partial charge < -0.3 is 0 Å². The second-order valence-corrected chi connectivity index (χ2v) is 7.15. The van der Waals surface area contributed by atoms with Gasteiger partial charge in [-0.1, -0.05) is 12.1 Å². The van der Waals surface area contributed by atoms with Gasteiger partial charge in [0.15, 0.2) is 5.78 Å². The number of aromatic amines is 1. The molecule has 0 aliphatic heterocycles. The summed E-state index contributed by atoms with van der Waals surface area (Å²) in [5.41, 5.74) is 1.08. The average molecular weight is 367 g/mol. The standard InChI is InChI=1S/C20H18FN3O3/c1-10(2)24-18-17(19(26)23-20(24)27)14-7-12(8-16(25)15(14)9-22-18)11-3-5-13(21)6-4-11/h3-6,9-10,12H,7-8H2,1-2H3,(H,23,26,27)/t12-/m1/s1. The van der Waals surface area contributed by atoms with Crippen molar-refractivity contribution in [3.63, 3.8) is 0 Å². The van der Waals surface area contributed by atoms with E-state index in [4.69, 9.17) is 0 Å². The molecule has 0 bridgehead atoms. The second kappa shape index (κ2) is 6.26. The SMILES string of the molecule is CC(C)n1c(=O)[nH]c(=O)c2c3c(cnc21)C(=O)C[C@H](c1ccc(F)cc1)C3. The third kappa shape index (κ3) is 2.79. The van der Waals surface area contributed by atoms with E-state index in [9.17, 15) is 18.8 Å². The summed E-state index contributed by atoms with van der Waals surface area (Å²) in [6.07, 6.45) is 2.18. The van der Waals surface area contributed by atoms with E-state index in [1.807, 2.05) is 13.8 Å². The first kappa shape index (κ1) is 17.3. The summed E-state index contributed by atoms with van der Waals surface area (Å²) in [6, 6.07) is 5.85. The van der Waals surface area contributed by atoms with Gasteiger partial charge in [0.2, 0.25) is 0 Å². The highest BCUT2D eigenvalue weighted by molar-refractivity contribution is 6.02. The van der Waals surface area contributed by atoms with Crippen LogP contribution in [0.2, 0.25) is 0 Å². The summed E-state index contributed by atoms with van der Waals surface area (Å²) in [6.45, 7) is 3.65. The number of nitrogens with zero attached hydrogens (tertiary/aromatic N) is 2. The molecule has 7 heteroatoms. The fourth-order valence-electron chi connectivity index (χ4n) is 3.83. The molecule has 0 radical (unpaired) electrons. The molecule has 0 saturated carbocycles. The molecule has 0 amide bonds. The van der Waals surface area contributed by atoms with Gasteiger partial charge in [-0.05, 0) is 49.4 Å². The maximum atomic E-state index is 13.2. The van der Waals surface area contributed by atoms with Crippen LogP contribution in [-0.2, 0) is 6.42 Å². The Bertz CT molecular complexity index is 1180. The molecule has 3 aromatic rings. The number of H-pyrrole nitrogens is 1. The Kier molecular flexibility index (Phi) is 4.02. The Balaban J connectivity index is 1.95. The number of hydrogen-bond donors (Lipinski definition) is 1. The summed E-state index contributed by atoms with van der Waals surface area (Å²) >= 11 is 0. The zero-order chi connectivity index (χ0) is 19.3. The van der Waals surface area contributed by atoms with Crippen molar-refractivity contribution >= 4 is 16.8 Å². The van der Waals surface area contributed by atoms with Crippen LogP contribution in [0, 0.1) is 5.82 Å². The van der Waals surface area contributed by atoms with E-state index in [0.29, 0.717) is 17.5 Å². The van der Waals surface area contributed by atoms with Gasteiger partial charge in [0.25, 0.3) is 5.56 Å². The number of carbonyl (C=O) groups is 1. The van der Waals surface area contributed by atoms with E-state index < -0.39 is 11.2 Å². The Morgan fingerprint density at radius 3 is 2.52 bits per heavy atom. The molecule has 1 aliphatic rings. The molecule has 6 nitrogen and oxygen atoms in total. The van der Waals surface area contributed by atoms with Gasteiger partial charge in [0, 0.05) is 24.2 Å². The van der Waals surface area contributed by atoms with E-state index in [0.717, 1.165) is 5.56 Å². The number of nitrogens with one attached hydrogen (secondary N) is 1. The zero-order valence-electron chi connectivity index (χ0n) is 15.0. The van der Waals surface area contributed by atoms with Crippen LogP contribution >= 0.6 is 0 Å². The summed E-state index contributed by atoms with van der Waals surface area (Å²) in [5.74, 6) is -0.606. The van der Waals surface area contributed by atoms with Crippen LogP contribution in [0.25, 0.3) is 11.0 Å². The minimum atomic E-state index is -0.538. The lowest BCUT2D eigenvalue weighted by atomic mass is 9.79.